The van der Waals surface area contributed by atoms with Gasteiger partial charge < -0.3 is 10.2 Å². The Morgan fingerprint density at radius 2 is 2.10 bits per heavy atom. The molecule has 1 aliphatic rings. The maximum atomic E-state index is 14.4. The van der Waals surface area contributed by atoms with Crippen LogP contribution in [0.4, 0.5) is 4.39 Å². The van der Waals surface area contributed by atoms with Gasteiger partial charge in [-0.3, -0.25) is 9.59 Å². The average Bonchev–Trinajstić information content (AvgIpc) is 3.23. The van der Waals surface area contributed by atoms with Gasteiger partial charge in [0.05, 0.1) is 0 Å². The summed E-state index contributed by atoms with van der Waals surface area (Å²) in [6.07, 6.45) is 6.48. The number of hydrogen-bond donors (Lipinski definition) is 2. The van der Waals surface area contributed by atoms with Gasteiger partial charge in [-0.25, -0.2) is 4.39 Å². The molecule has 0 unspecified atom stereocenters. The lowest BCUT2D eigenvalue weighted by Gasteiger charge is -2.15. The van der Waals surface area contributed by atoms with E-state index in [0.29, 0.717) is 19.3 Å². The number of rotatable bonds is 9. The van der Waals surface area contributed by atoms with Crippen LogP contribution in [0.1, 0.15) is 43.1 Å². The Labute approximate surface area is 173 Å². The second-order valence-electron chi connectivity index (χ2n) is 7.38. The lowest BCUT2D eigenvalue weighted by Crippen LogP contribution is -2.16. The number of alkyl halides is 1. The summed E-state index contributed by atoms with van der Waals surface area (Å²) < 4.78 is 15.5. The number of carbonyl (C=O) groups is 2. The van der Waals surface area contributed by atoms with Crippen LogP contribution in [0.15, 0.2) is 54.6 Å². The summed E-state index contributed by atoms with van der Waals surface area (Å²) in [5.74, 6) is -1.91. The van der Waals surface area contributed by atoms with Gasteiger partial charge in [0, 0.05) is 34.3 Å². The molecule has 154 valence electrons. The fraction of sp³-hybridized carbons (Fsp3) is 0.391. The average molecular weight is 417 g/mol. The number of hydrogen-bond acceptors (Lipinski definition) is 4. The Morgan fingerprint density at radius 3 is 2.86 bits per heavy atom. The molecular weight excluding hydrogens is 391 g/mol. The molecule has 29 heavy (non-hydrogen) atoms. The van der Waals surface area contributed by atoms with Gasteiger partial charge in [0.1, 0.15) is 18.1 Å². The zero-order valence-electron chi connectivity index (χ0n) is 16.0. The third-order valence-electron chi connectivity index (χ3n) is 5.26. The van der Waals surface area contributed by atoms with E-state index in [1.54, 1.807) is 12.2 Å². The van der Waals surface area contributed by atoms with Gasteiger partial charge in [-0.2, -0.15) is 0 Å². The number of unbranched alkanes of at least 4 members (excludes halogenated alkanes) is 1. The second-order valence-corrected chi connectivity index (χ2v) is 8.50. The summed E-state index contributed by atoms with van der Waals surface area (Å²) in [5, 5.41) is 20.2. The molecule has 1 aromatic carbocycles. The molecule has 6 heteroatoms. The summed E-state index contributed by atoms with van der Waals surface area (Å²) in [6, 6.07) is 9.80. The molecule has 3 rings (SSSR count). The van der Waals surface area contributed by atoms with Crippen molar-refractivity contribution in [3.8, 4) is 0 Å². The minimum Gasteiger partial charge on any atom is -0.481 e. The highest BCUT2D eigenvalue weighted by molar-refractivity contribution is 7.19. The van der Waals surface area contributed by atoms with Crippen LogP contribution in [-0.2, 0) is 9.59 Å². The van der Waals surface area contributed by atoms with E-state index in [4.69, 9.17) is 5.11 Å². The molecule has 0 bridgehead atoms. The Balaban J connectivity index is 1.61. The van der Waals surface area contributed by atoms with Crippen molar-refractivity contribution < 1.29 is 24.2 Å². The van der Waals surface area contributed by atoms with Crippen molar-refractivity contribution in [1.29, 1.82) is 0 Å². The van der Waals surface area contributed by atoms with Gasteiger partial charge >= 0.3 is 5.97 Å². The molecule has 1 heterocycles. The Bertz CT molecular complexity index is 883. The minimum atomic E-state index is -1.24. The number of aliphatic carboxylic acids is 1. The van der Waals surface area contributed by atoms with Crippen molar-refractivity contribution in [2.75, 3.05) is 0 Å². The molecule has 4 atom stereocenters. The van der Waals surface area contributed by atoms with Gasteiger partial charge in [0.2, 0.25) is 0 Å². The summed E-state index contributed by atoms with van der Waals surface area (Å²) in [6.45, 7) is 0. The number of Topliss-reactive ketones (excluding diaryl/α,β-unsaturated/α-hetero) is 1. The quantitative estimate of drug-likeness (QED) is 0.433. The van der Waals surface area contributed by atoms with Crippen LogP contribution in [0.2, 0.25) is 0 Å². The van der Waals surface area contributed by atoms with Crippen LogP contribution < -0.4 is 0 Å². The molecule has 0 aliphatic heterocycles. The fourth-order valence-electron chi connectivity index (χ4n) is 3.70. The largest absolute Gasteiger partial charge is 0.481 e. The number of thiophene rings is 1. The third kappa shape index (κ3) is 5.61. The molecular formula is C23H25FO4S. The van der Waals surface area contributed by atoms with Crippen LogP contribution in [0, 0.1) is 11.8 Å². The number of carboxylic acid groups (broad SMARTS) is 1. The topological polar surface area (TPSA) is 74.6 Å². The van der Waals surface area contributed by atoms with E-state index in [1.807, 2.05) is 42.5 Å². The van der Waals surface area contributed by atoms with Gasteiger partial charge in [0.15, 0.2) is 0 Å². The van der Waals surface area contributed by atoms with E-state index in [9.17, 15) is 19.1 Å². The number of carboxylic acids is 1. The number of allylic oxidation sites excluding steroid dienone is 3. The number of ketones is 1. The monoisotopic (exact) mass is 416 g/mol. The van der Waals surface area contributed by atoms with Gasteiger partial charge in [-0.05, 0) is 36.8 Å². The predicted molar refractivity (Wildman–Crippen MR) is 113 cm³/mol. The van der Waals surface area contributed by atoms with E-state index in [1.165, 1.54) is 11.3 Å². The third-order valence-corrected chi connectivity index (χ3v) is 6.45. The van der Waals surface area contributed by atoms with Crippen molar-refractivity contribution in [3.05, 3.63) is 59.5 Å². The summed E-state index contributed by atoms with van der Waals surface area (Å²) >= 11 is 1.50. The van der Waals surface area contributed by atoms with E-state index >= 15 is 0 Å². The van der Waals surface area contributed by atoms with Crippen LogP contribution in [0.3, 0.4) is 0 Å². The standard InChI is InChI=1S/C23H25FO4S/c24-18-14-20(26)17(8-3-1-2-4-10-23(27)28)16(18)11-12-19(25)22-13-15-7-5-6-9-21(15)29-22/h1,3,5-7,9,11-13,16-19,25H,2,4,8,10,14H2,(H,27,28)/b3-1-,12-11+/t16-,17-,18-,19-/m1/s1. The molecule has 1 fully saturated rings. The molecule has 0 radical (unpaired) electrons. The molecule has 1 aromatic heterocycles. The van der Waals surface area contributed by atoms with Gasteiger partial charge in [-0.1, -0.05) is 42.5 Å². The van der Waals surface area contributed by atoms with E-state index < -0.39 is 30.1 Å². The Morgan fingerprint density at radius 1 is 1.31 bits per heavy atom. The van der Waals surface area contributed by atoms with Crippen LogP contribution >= 0.6 is 11.3 Å². The number of aliphatic hydroxyl groups excluding tert-OH is 1. The van der Waals surface area contributed by atoms with Crippen molar-refractivity contribution in [3.63, 3.8) is 0 Å². The lowest BCUT2D eigenvalue weighted by molar-refractivity contribution is -0.137. The van der Waals surface area contributed by atoms with Crippen LogP contribution in [0.5, 0.6) is 0 Å². The van der Waals surface area contributed by atoms with Crippen molar-refractivity contribution in [2.24, 2.45) is 11.8 Å². The van der Waals surface area contributed by atoms with Crippen LogP contribution in [-0.4, -0.2) is 28.1 Å². The summed E-state index contributed by atoms with van der Waals surface area (Å²) in [4.78, 5) is 23.5. The molecule has 4 nitrogen and oxygen atoms in total. The zero-order valence-corrected chi connectivity index (χ0v) is 16.9. The minimum absolute atomic E-state index is 0.0918. The zero-order chi connectivity index (χ0) is 20.8. The first-order valence-electron chi connectivity index (χ1n) is 9.84. The molecule has 0 amide bonds. The second kappa shape index (κ2) is 9.94. The van der Waals surface area contributed by atoms with Crippen molar-refractivity contribution in [2.45, 2.75) is 44.4 Å². The SMILES string of the molecule is O=C(O)CCC/C=C\C[C@H]1C(=O)C[C@@H](F)[C@@H]1/C=C/[C@@H](O)c1cc2ccccc2s1. The number of fused-ring (bicyclic) bond motifs is 1. The van der Waals surface area contributed by atoms with E-state index in [0.717, 1.165) is 15.0 Å². The molecule has 2 aromatic rings. The molecule has 1 aliphatic carbocycles. The normalized spacial score (nSPS) is 23.5. The Hall–Kier alpha value is -2.31. The molecule has 1 saturated carbocycles. The number of carbonyl (C=O) groups excluding carboxylic acids is 1. The van der Waals surface area contributed by atoms with Gasteiger partial charge in [0.25, 0.3) is 0 Å². The van der Waals surface area contributed by atoms with E-state index in [2.05, 4.69) is 0 Å². The smallest absolute Gasteiger partial charge is 0.303 e. The summed E-state index contributed by atoms with van der Waals surface area (Å²) in [7, 11) is 0. The molecule has 0 saturated heterocycles. The lowest BCUT2D eigenvalue weighted by atomic mass is 9.90. The highest BCUT2D eigenvalue weighted by Gasteiger charge is 2.40. The summed E-state index contributed by atoms with van der Waals surface area (Å²) in [5.41, 5.74) is 0. The first-order chi connectivity index (χ1) is 14.0. The first-order valence-corrected chi connectivity index (χ1v) is 10.7. The Kier molecular flexibility index (Phi) is 7.34. The predicted octanol–water partition coefficient (Wildman–Crippen LogP) is 5.24. The maximum Gasteiger partial charge on any atom is 0.303 e. The van der Waals surface area contributed by atoms with Crippen molar-refractivity contribution in [1.82, 2.24) is 0 Å². The van der Waals surface area contributed by atoms with E-state index in [-0.39, 0.29) is 18.6 Å². The maximum absolute atomic E-state index is 14.4. The fourth-order valence-corrected chi connectivity index (χ4v) is 4.73. The molecule has 0 spiro atoms. The van der Waals surface area contributed by atoms with Crippen LogP contribution in [0.25, 0.3) is 10.1 Å². The first kappa shape index (κ1) is 21.4. The highest BCUT2D eigenvalue weighted by Crippen LogP contribution is 2.37. The van der Waals surface area contributed by atoms with Crippen molar-refractivity contribution >= 4 is 33.2 Å². The van der Waals surface area contributed by atoms with Gasteiger partial charge in [-0.15, -0.1) is 11.3 Å². The highest BCUT2D eigenvalue weighted by atomic mass is 32.1. The number of aliphatic hydroxyl groups is 1. The molecule has 2 N–H and O–H groups in total. The number of halogens is 1. The number of benzene rings is 1.